The molecule has 0 N–H and O–H groups in total. The Hall–Kier alpha value is 2.12. The Morgan fingerprint density at radius 3 is 0.806 bits per heavy atom. The summed E-state index contributed by atoms with van der Waals surface area (Å²) in [6.45, 7) is 19.9. The van der Waals surface area contributed by atoms with Gasteiger partial charge in [-0.2, -0.15) is 0 Å². The van der Waals surface area contributed by atoms with E-state index in [-0.39, 0.29) is 0 Å². The lowest BCUT2D eigenvalue weighted by molar-refractivity contribution is 0.290. The molecule has 2 fully saturated rings. The molecule has 0 aromatic carbocycles. The van der Waals surface area contributed by atoms with Crippen LogP contribution in [-0.4, -0.2) is 89.7 Å². The molecule has 0 bridgehead atoms. The fourth-order valence-electron chi connectivity index (χ4n) is 2.89. The zero-order valence-corrected chi connectivity index (χ0v) is 30.3. The summed E-state index contributed by atoms with van der Waals surface area (Å²) in [6, 6.07) is 0. The van der Waals surface area contributed by atoms with Crippen LogP contribution in [0.1, 0.15) is 0 Å². The Labute approximate surface area is 206 Å². The lowest BCUT2D eigenvalue weighted by atomic mass is 11.9. The maximum Gasteiger partial charge on any atom is 0.383 e. The van der Waals surface area contributed by atoms with E-state index in [0.717, 1.165) is 0 Å². The minimum absolute atomic E-state index is 1.43. The first-order valence-electron chi connectivity index (χ1n) is 9.49. The maximum atomic E-state index is 6.46. The molecule has 2 rings (SSSR count). The molecule has 0 unspecified atom stereocenters. The van der Waals surface area contributed by atoms with E-state index in [1.54, 1.807) is 10.7 Å². The summed E-state index contributed by atoms with van der Waals surface area (Å²) in [5, 5.41) is 0. The second kappa shape index (κ2) is 12.9. The third-order valence-corrected chi connectivity index (χ3v) is 40.4. The molecule has 31 heavy (non-hydrogen) atoms. The van der Waals surface area contributed by atoms with Gasteiger partial charge in [-0.3, -0.25) is 0 Å². The van der Waals surface area contributed by atoms with Crippen LogP contribution in [0.15, 0.2) is 0 Å². The molecule has 10 nitrogen and oxygen atoms in total. The third kappa shape index (κ3) is 10.7. The number of rotatable bonds is 2. The highest BCUT2D eigenvalue weighted by atomic mass is 32.5. The van der Waals surface area contributed by atoms with Crippen LogP contribution in [0.5, 0.6) is 0 Å². The molecule has 2 aliphatic rings. The smallest absolute Gasteiger partial charge is 0.383 e. The predicted octanol–water partition coefficient (Wildman–Crippen LogP) is 1.99. The van der Waals surface area contributed by atoms with E-state index in [1.807, 2.05) is 65.5 Å². The molecule has 21 heteroatoms. The first-order chi connectivity index (χ1) is 14.3. The van der Waals surface area contributed by atoms with E-state index < -0.39 is 89.7 Å². The summed E-state index contributed by atoms with van der Waals surface area (Å²) in [5.74, 6) is 0. The molecular weight excluding hydrogens is 593 g/mol. The van der Waals surface area contributed by atoms with Crippen molar-refractivity contribution in [2.75, 3.05) is 0 Å². The molecule has 2 aliphatic heterocycles. The quantitative estimate of drug-likeness (QED) is 0.424. The number of hydrogen-bond donors (Lipinski definition) is 0. The SMILES string of the molecule is C[Si]1O[Si](C)O[Si](C)O[Si](C)(S[Si]2(C)O[Si](C)O[Si](C)O[Si](C)O[Si](C)O2)O[Si](C)O1. The molecule has 0 amide bonds. The van der Waals surface area contributed by atoms with Crippen LogP contribution in [0.4, 0.5) is 0 Å². The van der Waals surface area contributed by atoms with Gasteiger partial charge in [0.15, 0.2) is 0 Å². The van der Waals surface area contributed by atoms with E-state index in [9.17, 15) is 0 Å². The lowest BCUT2D eigenvalue weighted by Gasteiger charge is -2.40. The van der Waals surface area contributed by atoms with Gasteiger partial charge in [0.2, 0.25) is 0 Å². The standard InChI is InChI=1S/C10H30O10SSi10/c1-22-11-23(2)14-27(6)18-30(9,17-26(5)13-22)21-31(10)19-28(7)15-24(3)12-25(4)16-29(8)20-31/h1-10H3. The van der Waals surface area contributed by atoms with Crippen molar-refractivity contribution in [3.05, 3.63) is 0 Å². The van der Waals surface area contributed by atoms with Gasteiger partial charge in [-0.1, -0.05) is 10.7 Å². The molecular formula is C10H30O10SSi10. The molecule has 2 heterocycles. The van der Waals surface area contributed by atoms with Crippen molar-refractivity contribution in [1.82, 2.24) is 0 Å². The van der Waals surface area contributed by atoms with Gasteiger partial charge in [0.25, 0.3) is 0 Å². The average Bonchev–Trinajstić information content (AvgIpc) is 2.49. The molecule has 0 atom stereocenters. The van der Waals surface area contributed by atoms with Gasteiger partial charge in [0.1, 0.15) is 0 Å². The van der Waals surface area contributed by atoms with Gasteiger partial charge in [0, 0.05) is 0 Å². The van der Waals surface area contributed by atoms with Crippen LogP contribution < -0.4 is 0 Å². The van der Waals surface area contributed by atoms with Crippen LogP contribution in [0.2, 0.25) is 65.5 Å². The Morgan fingerprint density at radius 1 is 0.387 bits per heavy atom. The predicted molar refractivity (Wildman–Crippen MR) is 135 cm³/mol. The second-order valence-corrected chi connectivity index (χ2v) is 33.4. The van der Waals surface area contributed by atoms with E-state index in [0.29, 0.717) is 0 Å². The van der Waals surface area contributed by atoms with E-state index in [2.05, 4.69) is 0 Å². The second-order valence-electron chi connectivity index (χ2n) is 6.78. The van der Waals surface area contributed by atoms with Crippen molar-refractivity contribution in [1.29, 1.82) is 0 Å². The van der Waals surface area contributed by atoms with Crippen molar-refractivity contribution in [2.45, 2.75) is 65.5 Å². The minimum atomic E-state index is -2.83. The summed E-state index contributed by atoms with van der Waals surface area (Å²) in [6.07, 6.45) is 0. The van der Waals surface area contributed by atoms with Gasteiger partial charge in [0.05, 0.1) is 0 Å². The van der Waals surface area contributed by atoms with Crippen molar-refractivity contribution in [3.8, 4) is 0 Å². The topological polar surface area (TPSA) is 92.3 Å². The first kappa shape index (κ1) is 29.3. The summed E-state index contributed by atoms with van der Waals surface area (Å²) >= 11 is 0. The van der Waals surface area contributed by atoms with Crippen LogP contribution in [-0.2, 0) is 41.2 Å². The normalized spacial score (nSPS) is 29.2. The van der Waals surface area contributed by atoms with E-state index >= 15 is 0 Å². The monoisotopic (exact) mass is 622 g/mol. The fourth-order valence-corrected chi connectivity index (χ4v) is 46.0. The molecule has 8 radical (unpaired) electrons. The highest BCUT2D eigenvalue weighted by molar-refractivity contribution is 8.48. The molecule has 0 saturated carbocycles. The molecule has 0 aliphatic carbocycles. The minimum Gasteiger partial charge on any atom is -0.414 e. The molecule has 176 valence electrons. The Bertz CT molecular complexity index is 490. The Morgan fingerprint density at radius 2 is 0.581 bits per heavy atom. The summed E-state index contributed by atoms with van der Waals surface area (Å²) < 4.78 is 61.8. The zero-order chi connectivity index (χ0) is 23.4. The van der Waals surface area contributed by atoms with Crippen molar-refractivity contribution < 1.29 is 41.2 Å². The summed E-state index contributed by atoms with van der Waals surface area (Å²) in [5.41, 5.74) is 0. The first-order valence-corrected chi connectivity index (χ1v) is 30.9. The van der Waals surface area contributed by atoms with Gasteiger partial charge in [-0.15, -0.1) is 0 Å². The van der Waals surface area contributed by atoms with Gasteiger partial charge >= 0.3 is 89.7 Å². The van der Waals surface area contributed by atoms with E-state index in [1.165, 1.54) is 0 Å². The third-order valence-electron chi connectivity index (χ3n) is 3.41. The molecule has 0 aromatic rings. The fraction of sp³-hybridized carbons (Fsp3) is 1.00. The summed E-state index contributed by atoms with van der Waals surface area (Å²) in [7, 11) is -16.1. The molecule has 0 spiro atoms. The van der Waals surface area contributed by atoms with Crippen LogP contribution in [0.3, 0.4) is 0 Å². The molecule has 0 aromatic heterocycles. The lowest BCUT2D eigenvalue weighted by Crippen LogP contribution is -2.57. The zero-order valence-electron chi connectivity index (χ0n) is 19.5. The Kier molecular flexibility index (Phi) is 12.2. The number of hydrogen-bond acceptors (Lipinski definition) is 11. The Balaban J connectivity index is 2.24. The summed E-state index contributed by atoms with van der Waals surface area (Å²) in [4.78, 5) is 0. The van der Waals surface area contributed by atoms with Crippen molar-refractivity contribution in [3.63, 3.8) is 0 Å². The molecule has 2 saturated heterocycles. The van der Waals surface area contributed by atoms with Crippen molar-refractivity contribution in [2.24, 2.45) is 0 Å². The van der Waals surface area contributed by atoms with Gasteiger partial charge < -0.3 is 41.2 Å². The van der Waals surface area contributed by atoms with Gasteiger partial charge in [-0.25, -0.2) is 0 Å². The van der Waals surface area contributed by atoms with E-state index in [4.69, 9.17) is 41.2 Å². The largest absolute Gasteiger partial charge is 0.414 e. The van der Waals surface area contributed by atoms with Gasteiger partial charge in [-0.05, 0) is 65.5 Å². The van der Waals surface area contributed by atoms with Crippen LogP contribution in [0.25, 0.3) is 0 Å². The van der Waals surface area contributed by atoms with Crippen LogP contribution in [0, 0.1) is 0 Å². The maximum absolute atomic E-state index is 6.46. The van der Waals surface area contributed by atoms with Crippen LogP contribution >= 0.6 is 10.7 Å². The highest BCUT2D eigenvalue weighted by Crippen LogP contribution is 2.37. The average molecular weight is 623 g/mol. The van der Waals surface area contributed by atoms with Crippen molar-refractivity contribution >= 4 is 100 Å². The highest BCUT2D eigenvalue weighted by Gasteiger charge is 2.52.